The minimum absolute atomic E-state index is 0. The molecule has 1 saturated carbocycles. The van der Waals surface area contributed by atoms with Crippen LogP contribution in [0.3, 0.4) is 0 Å². The van der Waals surface area contributed by atoms with Crippen molar-refractivity contribution in [2.75, 3.05) is 0 Å². The minimum atomic E-state index is -3.13. The second kappa shape index (κ2) is 16.2. The third-order valence-corrected chi connectivity index (χ3v) is 32.0. The fraction of sp³-hybridized carbons (Fsp3) is 0.500. The molecule has 1 heterocycles. The van der Waals surface area contributed by atoms with Crippen molar-refractivity contribution in [3.8, 4) is 22.3 Å². The van der Waals surface area contributed by atoms with Crippen molar-refractivity contribution in [1.29, 1.82) is 0 Å². The Balaban J connectivity index is 0.00000293. The fourth-order valence-electron chi connectivity index (χ4n) is 11.8. The third kappa shape index (κ3) is 7.93. The van der Waals surface area contributed by atoms with Crippen LogP contribution in [0.2, 0.25) is 7.25 Å². The minimum Gasteiger partial charge on any atom is -1.00 e. The monoisotopic (exact) mass is 904 g/mol. The van der Waals surface area contributed by atoms with E-state index in [9.17, 15) is 0 Å². The summed E-state index contributed by atoms with van der Waals surface area (Å²) in [5.41, 5.74) is 21.9. The van der Waals surface area contributed by atoms with Gasteiger partial charge in [-0.2, -0.15) is 0 Å². The zero-order valence-corrected chi connectivity index (χ0v) is 42.9. The van der Waals surface area contributed by atoms with Gasteiger partial charge in [0.1, 0.15) is 0 Å². The van der Waals surface area contributed by atoms with E-state index >= 15 is 0 Å². The molecule has 3 heteroatoms. The predicted molar refractivity (Wildman–Crippen MR) is 247 cm³/mol. The van der Waals surface area contributed by atoms with E-state index in [1.54, 1.807) is 33.4 Å². The van der Waals surface area contributed by atoms with Crippen molar-refractivity contribution in [1.82, 2.24) is 0 Å². The van der Waals surface area contributed by atoms with Crippen LogP contribution >= 0.6 is 0 Å². The van der Waals surface area contributed by atoms with Gasteiger partial charge >= 0.3 is 355 Å². The van der Waals surface area contributed by atoms with Crippen molar-refractivity contribution < 1.29 is 45.1 Å². The second-order valence-corrected chi connectivity index (χ2v) is 34.1. The first-order valence-electron chi connectivity index (χ1n) is 22.7. The molecule has 0 aromatic heterocycles. The Bertz CT molecular complexity index is 2060. The van der Waals surface area contributed by atoms with Crippen molar-refractivity contribution >= 4 is 12.2 Å². The first-order chi connectivity index (χ1) is 26.7. The molecular formula is C56H72Cl2Zr. The van der Waals surface area contributed by atoms with Crippen LogP contribution in [0, 0.1) is 0 Å². The van der Waals surface area contributed by atoms with Crippen molar-refractivity contribution in [3.05, 3.63) is 128 Å². The predicted octanol–water partition coefficient (Wildman–Crippen LogP) is 10.9. The Morgan fingerprint density at radius 1 is 0.475 bits per heavy atom. The van der Waals surface area contributed by atoms with Crippen molar-refractivity contribution in [3.63, 3.8) is 0 Å². The van der Waals surface area contributed by atoms with Crippen LogP contribution in [0.25, 0.3) is 34.4 Å². The number of hydrogen-bond acceptors (Lipinski definition) is 0. The largest absolute Gasteiger partial charge is 1.00 e. The van der Waals surface area contributed by atoms with Crippen molar-refractivity contribution in [2.45, 2.75) is 172 Å². The van der Waals surface area contributed by atoms with Crippen LogP contribution in [0.4, 0.5) is 0 Å². The summed E-state index contributed by atoms with van der Waals surface area (Å²) < 4.78 is 3.27. The van der Waals surface area contributed by atoms with Crippen LogP contribution < -0.4 is 24.8 Å². The first-order valence-corrected chi connectivity index (χ1v) is 28.4. The maximum atomic E-state index is 2.73. The van der Waals surface area contributed by atoms with Gasteiger partial charge in [-0.3, -0.25) is 0 Å². The summed E-state index contributed by atoms with van der Waals surface area (Å²) in [5, 5.41) is 0. The summed E-state index contributed by atoms with van der Waals surface area (Å²) in [6, 6.07) is 30.0. The number of allylic oxidation sites excluding steroid dienone is 2. The molecule has 0 spiro atoms. The van der Waals surface area contributed by atoms with Crippen LogP contribution in [-0.2, 0) is 41.9 Å². The van der Waals surface area contributed by atoms with E-state index in [2.05, 4.69) is 182 Å². The zero-order chi connectivity index (χ0) is 41.0. The molecule has 4 unspecified atom stereocenters. The molecule has 1 saturated heterocycles. The second-order valence-electron chi connectivity index (χ2n) is 22.7. The van der Waals surface area contributed by atoms with Crippen LogP contribution in [-0.4, -0.2) is 0 Å². The van der Waals surface area contributed by atoms with Gasteiger partial charge in [0.15, 0.2) is 0 Å². The van der Waals surface area contributed by atoms with Gasteiger partial charge < -0.3 is 24.8 Å². The number of fused-ring (bicyclic) bond motifs is 3. The normalized spacial score (nSPS) is 22.5. The van der Waals surface area contributed by atoms with Gasteiger partial charge in [0.2, 0.25) is 0 Å². The number of rotatable bonds is 6. The molecule has 3 aliphatic carbocycles. The Morgan fingerprint density at radius 3 is 1.08 bits per heavy atom. The Kier molecular flexibility index (Phi) is 12.7. The Hall–Kier alpha value is -2.18. The Morgan fingerprint density at radius 2 is 0.797 bits per heavy atom. The van der Waals surface area contributed by atoms with Crippen molar-refractivity contribution in [2.24, 2.45) is 0 Å². The van der Waals surface area contributed by atoms with E-state index < -0.39 is 20.3 Å². The first kappa shape index (κ1) is 46.3. The summed E-state index contributed by atoms with van der Waals surface area (Å²) in [5.74, 6) is 0. The van der Waals surface area contributed by atoms with Gasteiger partial charge in [-0.1, -0.05) is 0 Å². The van der Waals surface area contributed by atoms with E-state index in [0.29, 0.717) is 7.25 Å². The maximum Gasteiger partial charge on any atom is -1.00 e. The van der Waals surface area contributed by atoms with Gasteiger partial charge in [-0.25, -0.2) is 0 Å². The van der Waals surface area contributed by atoms with Gasteiger partial charge in [0.05, 0.1) is 0 Å². The zero-order valence-electron chi connectivity index (χ0n) is 38.9. The van der Waals surface area contributed by atoms with E-state index in [-0.39, 0.29) is 46.5 Å². The molecule has 0 radical (unpaired) electrons. The SMILES string of the molecule is CCC1=Cc2c(-c3cc(C(C)(C)C)cc(C(C)(C)C)c3)cccc2[CH]1[Zr+2]1([CH]2C(CC)=Cc3c(-c4cc(C(C)(C)C)cc(C(C)(C)C)c4)cccc32)[CH]2CCCC[CH]21.[Cl-].[Cl-]. The van der Waals surface area contributed by atoms with Gasteiger partial charge in [0.25, 0.3) is 0 Å². The molecule has 4 aromatic rings. The number of hydrogen-bond donors (Lipinski definition) is 0. The molecule has 4 aliphatic rings. The maximum absolute atomic E-state index is 3.13. The summed E-state index contributed by atoms with van der Waals surface area (Å²) in [4.78, 5) is 0. The molecule has 0 N–H and O–H groups in total. The summed E-state index contributed by atoms with van der Waals surface area (Å²) >= 11 is -3.13. The van der Waals surface area contributed by atoms with Gasteiger partial charge in [0, 0.05) is 0 Å². The topological polar surface area (TPSA) is 0 Å². The quantitative estimate of drug-likeness (QED) is 0.181. The van der Waals surface area contributed by atoms with Gasteiger partial charge in [-0.05, 0) is 0 Å². The summed E-state index contributed by atoms with van der Waals surface area (Å²) in [6.07, 6.45) is 13.6. The summed E-state index contributed by atoms with van der Waals surface area (Å²) in [7, 11) is 0. The molecule has 0 bridgehead atoms. The Labute approximate surface area is 376 Å². The van der Waals surface area contributed by atoms with Crippen LogP contribution in [0.15, 0.2) is 83.9 Å². The summed E-state index contributed by atoms with van der Waals surface area (Å²) in [6.45, 7) is 33.5. The van der Waals surface area contributed by atoms with E-state index in [1.807, 2.05) is 0 Å². The smallest absolute Gasteiger partial charge is 1.00 e. The molecule has 2 fully saturated rings. The number of benzene rings is 4. The molecule has 59 heavy (non-hydrogen) atoms. The average Bonchev–Trinajstić information content (AvgIpc) is 3.42. The molecule has 0 amide bonds. The molecular weight excluding hydrogens is 835 g/mol. The molecule has 1 aliphatic heterocycles. The molecule has 314 valence electrons. The number of halogens is 2. The standard InChI is InChI=1S/2C25H31.C6H10.2ClH.Zr/c2*1-8-17-12-18-10-9-11-22(23(18)13-17)19-14-20(24(2,3)4)16-21(15-19)25(5,6)7;1-2-4-6-5-3-1;;;/h2*9-16H,8H2,1-7H3;1-2H,3-6H2;2*1H;/q;;;;;+2/p-2. The van der Waals surface area contributed by atoms with Crippen LogP contribution in [0.1, 0.15) is 187 Å². The fourth-order valence-corrected chi connectivity index (χ4v) is 35.2. The van der Waals surface area contributed by atoms with E-state index in [0.717, 1.165) is 20.1 Å². The van der Waals surface area contributed by atoms with Gasteiger partial charge in [-0.15, -0.1) is 0 Å². The third-order valence-electron chi connectivity index (χ3n) is 15.0. The molecule has 8 rings (SSSR count). The van der Waals surface area contributed by atoms with E-state index in [1.165, 1.54) is 70.2 Å². The van der Waals surface area contributed by atoms with Crippen LogP contribution in [0.5, 0.6) is 0 Å². The average molecular weight is 907 g/mol. The van der Waals surface area contributed by atoms with E-state index in [4.69, 9.17) is 0 Å². The molecule has 4 aromatic carbocycles. The molecule has 0 nitrogen and oxygen atoms in total. The molecule has 4 atom stereocenters.